The number of carbonyl (C=O) groups is 1. The van der Waals surface area contributed by atoms with E-state index in [0.717, 1.165) is 22.6 Å². The summed E-state index contributed by atoms with van der Waals surface area (Å²) < 4.78 is 10.9. The molecule has 3 aromatic rings. The highest BCUT2D eigenvalue weighted by atomic mass is 16.5. The van der Waals surface area contributed by atoms with Crippen LogP contribution in [0.15, 0.2) is 79.0 Å². The van der Waals surface area contributed by atoms with E-state index >= 15 is 0 Å². The minimum absolute atomic E-state index is 0.162. The molecule has 138 valence electrons. The van der Waals surface area contributed by atoms with Gasteiger partial charge in [-0.1, -0.05) is 30.3 Å². The van der Waals surface area contributed by atoms with Crippen molar-refractivity contribution in [2.75, 3.05) is 0 Å². The van der Waals surface area contributed by atoms with Gasteiger partial charge >= 0.3 is 5.97 Å². The van der Waals surface area contributed by atoms with E-state index in [1.165, 1.54) is 6.08 Å². The van der Waals surface area contributed by atoms with Crippen molar-refractivity contribution in [3.05, 3.63) is 101 Å². The van der Waals surface area contributed by atoms with Gasteiger partial charge in [0.1, 0.15) is 19.0 Å². The summed E-state index contributed by atoms with van der Waals surface area (Å²) in [6.45, 7) is 0.562. The largest absolute Gasteiger partial charge is 0.487 e. The minimum atomic E-state index is -0.431. The lowest BCUT2D eigenvalue weighted by molar-refractivity contribution is -0.138. The van der Waals surface area contributed by atoms with Crippen molar-refractivity contribution in [2.45, 2.75) is 13.2 Å². The van der Waals surface area contributed by atoms with Gasteiger partial charge in [-0.15, -0.1) is 0 Å². The first kappa shape index (κ1) is 18.9. The quantitative estimate of drug-likeness (QED) is 0.458. The van der Waals surface area contributed by atoms with Gasteiger partial charge in [-0.2, -0.15) is 5.26 Å². The van der Waals surface area contributed by atoms with Gasteiger partial charge in [0.2, 0.25) is 0 Å². The van der Waals surface area contributed by atoms with Gasteiger partial charge in [0.15, 0.2) is 0 Å². The van der Waals surface area contributed by atoms with Gasteiger partial charge in [0.25, 0.3) is 0 Å². The lowest BCUT2D eigenvalue weighted by Crippen LogP contribution is -2.00. The maximum absolute atomic E-state index is 11.8. The smallest absolute Gasteiger partial charge is 0.331 e. The summed E-state index contributed by atoms with van der Waals surface area (Å²) in [5.74, 6) is 0.297. The summed E-state index contributed by atoms with van der Waals surface area (Å²) in [4.78, 5) is 16.1. The molecule has 0 fully saturated rings. The van der Waals surface area contributed by atoms with Gasteiger partial charge < -0.3 is 9.47 Å². The molecule has 0 spiro atoms. The molecule has 0 unspecified atom stereocenters. The summed E-state index contributed by atoms with van der Waals surface area (Å²) in [7, 11) is 0. The second kappa shape index (κ2) is 9.70. The second-order valence-corrected chi connectivity index (χ2v) is 5.93. The van der Waals surface area contributed by atoms with E-state index in [4.69, 9.17) is 14.7 Å². The number of pyridine rings is 1. The number of benzene rings is 2. The first-order valence-electron chi connectivity index (χ1n) is 8.69. The van der Waals surface area contributed by atoms with Gasteiger partial charge in [-0.05, 0) is 53.6 Å². The Morgan fingerprint density at radius 1 is 1.00 bits per heavy atom. The third kappa shape index (κ3) is 5.82. The fourth-order valence-electron chi connectivity index (χ4n) is 2.36. The molecule has 5 heteroatoms. The molecule has 0 saturated carbocycles. The SMILES string of the molecule is N#Cc1ccc(COC(=O)/C=C/c2ccc(OCc3ccccn3)cc2)cc1. The zero-order valence-electron chi connectivity index (χ0n) is 15.1. The first-order chi connectivity index (χ1) is 13.7. The Labute approximate surface area is 163 Å². The molecule has 1 heterocycles. The molecular formula is C23H18N2O3. The molecule has 1 aromatic heterocycles. The third-order valence-corrected chi connectivity index (χ3v) is 3.87. The van der Waals surface area contributed by atoms with Crippen LogP contribution in [-0.4, -0.2) is 11.0 Å². The normalized spacial score (nSPS) is 10.4. The zero-order valence-corrected chi connectivity index (χ0v) is 15.1. The van der Waals surface area contributed by atoms with Crippen LogP contribution < -0.4 is 4.74 Å². The molecule has 28 heavy (non-hydrogen) atoms. The summed E-state index contributed by atoms with van der Waals surface area (Å²) in [5, 5.41) is 8.77. The average molecular weight is 370 g/mol. The van der Waals surface area contributed by atoms with Gasteiger partial charge in [-0.25, -0.2) is 4.79 Å². The lowest BCUT2D eigenvalue weighted by Gasteiger charge is -2.05. The highest BCUT2D eigenvalue weighted by Gasteiger charge is 2.00. The van der Waals surface area contributed by atoms with Crippen molar-refractivity contribution >= 4 is 12.0 Å². The average Bonchev–Trinajstić information content (AvgIpc) is 2.76. The molecule has 2 aromatic carbocycles. The maximum atomic E-state index is 11.8. The van der Waals surface area contributed by atoms with E-state index in [1.807, 2.05) is 48.5 Å². The number of carbonyl (C=O) groups excluding carboxylic acids is 1. The Kier molecular flexibility index (Phi) is 6.53. The number of ether oxygens (including phenoxy) is 2. The fraction of sp³-hybridized carbons (Fsp3) is 0.0870. The molecule has 0 N–H and O–H groups in total. The van der Waals surface area contributed by atoms with E-state index in [2.05, 4.69) is 4.98 Å². The molecule has 0 aliphatic rings. The van der Waals surface area contributed by atoms with Crippen molar-refractivity contribution in [2.24, 2.45) is 0 Å². The van der Waals surface area contributed by atoms with Crippen LogP contribution in [0.4, 0.5) is 0 Å². The molecule has 0 aliphatic heterocycles. The molecule has 0 saturated heterocycles. The third-order valence-electron chi connectivity index (χ3n) is 3.87. The van der Waals surface area contributed by atoms with Crippen LogP contribution in [0.1, 0.15) is 22.4 Å². The Bertz CT molecular complexity index is 973. The van der Waals surface area contributed by atoms with Crippen LogP contribution in [-0.2, 0) is 22.7 Å². The Hall–Kier alpha value is -3.91. The van der Waals surface area contributed by atoms with E-state index in [0.29, 0.717) is 12.2 Å². The number of hydrogen-bond acceptors (Lipinski definition) is 5. The number of hydrogen-bond donors (Lipinski definition) is 0. The predicted octanol–water partition coefficient (Wildman–Crippen LogP) is 4.29. The van der Waals surface area contributed by atoms with Crippen molar-refractivity contribution < 1.29 is 14.3 Å². The second-order valence-electron chi connectivity index (χ2n) is 5.93. The Morgan fingerprint density at radius 2 is 1.79 bits per heavy atom. The monoisotopic (exact) mass is 370 g/mol. The summed E-state index contributed by atoms with van der Waals surface area (Å²) in [6, 6.07) is 22.0. The zero-order chi connectivity index (χ0) is 19.6. The van der Waals surface area contributed by atoms with E-state index in [9.17, 15) is 4.79 Å². The van der Waals surface area contributed by atoms with Crippen LogP contribution in [0.3, 0.4) is 0 Å². The molecule has 3 rings (SSSR count). The molecule has 0 amide bonds. The van der Waals surface area contributed by atoms with Crippen LogP contribution >= 0.6 is 0 Å². The summed E-state index contributed by atoms with van der Waals surface area (Å²) >= 11 is 0. The van der Waals surface area contributed by atoms with Gasteiger partial charge in [0.05, 0.1) is 17.3 Å². The highest BCUT2D eigenvalue weighted by molar-refractivity contribution is 5.87. The molecular weight excluding hydrogens is 352 g/mol. The number of esters is 1. The van der Waals surface area contributed by atoms with Crippen LogP contribution in [0.25, 0.3) is 6.08 Å². The van der Waals surface area contributed by atoms with E-state index in [-0.39, 0.29) is 6.61 Å². The van der Waals surface area contributed by atoms with Crippen LogP contribution in [0.2, 0.25) is 0 Å². The van der Waals surface area contributed by atoms with E-state index < -0.39 is 5.97 Å². The van der Waals surface area contributed by atoms with Crippen molar-refractivity contribution in [3.8, 4) is 11.8 Å². The molecule has 0 atom stereocenters. The fourth-order valence-corrected chi connectivity index (χ4v) is 2.36. The predicted molar refractivity (Wildman–Crippen MR) is 105 cm³/mol. The van der Waals surface area contributed by atoms with Crippen molar-refractivity contribution in [1.29, 1.82) is 5.26 Å². The van der Waals surface area contributed by atoms with Crippen molar-refractivity contribution in [3.63, 3.8) is 0 Å². The standard InChI is InChI=1S/C23H18N2O3/c24-15-19-4-6-20(7-5-19)16-28-23(26)13-10-18-8-11-22(12-9-18)27-17-21-3-1-2-14-25-21/h1-14H,16-17H2/b13-10+. The lowest BCUT2D eigenvalue weighted by atomic mass is 10.2. The first-order valence-corrected chi connectivity index (χ1v) is 8.69. The number of nitriles is 1. The highest BCUT2D eigenvalue weighted by Crippen LogP contribution is 2.15. The molecule has 5 nitrogen and oxygen atoms in total. The summed E-state index contributed by atoms with van der Waals surface area (Å²) in [5.41, 5.74) is 3.12. The topological polar surface area (TPSA) is 72.2 Å². The number of rotatable bonds is 7. The molecule has 0 bridgehead atoms. The summed E-state index contributed by atoms with van der Waals surface area (Å²) in [6.07, 6.45) is 4.80. The van der Waals surface area contributed by atoms with Gasteiger partial charge in [0, 0.05) is 12.3 Å². The van der Waals surface area contributed by atoms with Gasteiger partial charge in [-0.3, -0.25) is 4.98 Å². The Morgan fingerprint density at radius 3 is 2.46 bits per heavy atom. The van der Waals surface area contributed by atoms with Crippen LogP contribution in [0, 0.1) is 11.3 Å². The molecule has 0 radical (unpaired) electrons. The minimum Gasteiger partial charge on any atom is -0.487 e. The van der Waals surface area contributed by atoms with Crippen LogP contribution in [0.5, 0.6) is 5.75 Å². The Balaban J connectivity index is 1.46. The number of nitrogens with zero attached hydrogens (tertiary/aromatic N) is 2. The molecule has 0 aliphatic carbocycles. The van der Waals surface area contributed by atoms with E-state index in [1.54, 1.807) is 36.5 Å². The maximum Gasteiger partial charge on any atom is 0.331 e. The van der Waals surface area contributed by atoms with Crippen molar-refractivity contribution in [1.82, 2.24) is 4.98 Å². The number of aromatic nitrogens is 1.